The third kappa shape index (κ3) is 5.30. The van der Waals surface area contributed by atoms with Crippen LogP contribution >= 0.6 is 11.6 Å². The number of alkyl halides is 1. The number of halogens is 1. The summed E-state index contributed by atoms with van der Waals surface area (Å²) in [6.45, 7) is 5.04. The molecule has 0 spiro atoms. The van der Waals surface area contributed by atoms with Crippen molar-refractivity contribution in [2.45, 2.75) is 32.2 Å². The summed E-state index contributed by atoms with van der Waals surface area (Å²) in [5, 5.41) is 5.37. The predicted octanol–water partition coefficient (Wildman–Crippen LogP) is 5.26. The van der Waals surface area contributed by atoms with Crippen molar-refractivity contribution in [3.05, 3.63) is 66.1 Å². The zero-order valence-corrected chi connectivity index (χ0v) is 17.5. The lowest BCUT2D eigenvalue weighted by molar-refractivity contribution is 0.0601. The van der Waals surface area contributed by atoms with Crippen molar-refractivity contribution in [2.24, 2.45) is 5.92 Å². The molecular formula is C23H27ClN2O3. The lowest BCUT2D eigenvalue weighted by Crippen LogP contribution is -2.11. The first-order chi connectivity index (χ1) is 14.2. The van der Waals surface area contributed by atoms with Crippen LogP contribution in [0.1, 0.15) is 36.0 Å². The zero-order chi connectivity index (χ0) is 20.6. The van der Waals surface area contributed by atoms with Gasteiger partial charge in [-0.1, -0.05) is 31.6 Å². The van der Waals surface area contributed by atoms with Crippen LogP contribution in [0, 0.1) is 5.92 Å². The first-order valence-corrected chi connectivity index (χ1v) is 10.4. The number of hydrogen-bond donors (Lipinski definition) is 0. The van der Waals surface area contributed by atoms with Crippen molar-refractivity contribution in [1.82, 2.24) is 9.78 Å². The summed E-state index contributed by atoms with van der Waals surface area (Å²) in [6, 6.07) is 5.41. The number of aromatic nitrogens is 2. The molecule has 1 aromatic heterocycles. The average Bonchev–Trinajstić information content (AvgIpc) is 3.40. The van der Waals surface area contributed by atoms with Gasteiger partial charge in [0.05, 0.1) is 37.5 Å². The lowest BCUT2D eigenvalue weighted by atomic mass is 10.1. The molecule has 0 amide bonds. The van der Waals surface area contributed by atoms with E-state index in [4.69, 9.17) is 21.1 Å². The number of hydrogen-bond acceptors (Lipinski definition) is 4. The molecule has 0 aliphatic heterocycles. The van der Waals surface area contributed by atoms with Gasteiger partial charge in [0.25, 0.3) is 0 Å². The van der Waals surface area contributed by atoms with E-state index >= 15 is 0 Å². The van der Waals surface area contributed by atoms with Crippen LogP contribution < -0.4 is 0 Å². The summed E-state index contributed by atoms with van der Waals surface area (Å²) >= 11 is 6.03. The van der Waals surface area contributed by atoms with Crippen LogP contribution in [0.15, 0.2) is 60.5 Å². The topological polar surface area (TPSA) is 53.4 Å². The number of methoxy groups -OCH3 is 1. The molecule has 0 bridgehead atoms. The smallest absolute Gasteiger partial charge is 0.337 e. The minimum absolute atomic E-state index is 0.362. The van der Waals surface area contributed by atoms with E-state index in [9.17, 15) is 4.79 Å². The van der Waals surface area contributed by atoms with Crippen LogP contribution in [0.4, 0.5) is 0 Å². The fraction of sp³-hybridized carbons (Fsp3) is 0.391. The van der Waals surface area contributed by atoms with E-state index in [0.717, 1.165) is 22.2 Å². The Balaban J connectivity index is 1.81. The summed E-state index contributed by atoms with van der Waals surface area (Å²) < 4.78 is 12.8. The monoisotopic (exact) mass is 414 g/mol. The highest BCUT2D eigenvalue weighted by Crippen LogP contribution is 2.27. The van der Waals surface area contributed by atoms with Gasteiger partial charge >= 0.3 is 5.97 Å². The highest BCUT2D eigenvalue weighted by molar-refractivity contribution is 6.19. The molecule has 1 saturated carbocycles. The van der Waals surface area contributed by atoms with Gasteiger partial charge in [-0.05, 0) is 43.0 Å². The highest BCUT2D eigenvalue weighted by atomic mass is 35.5. The van der Waals surface area contributed by atoms with Gasteiger partial charge in [0.1, 0.15) is 5.76 Å². The minimum Gasteiger partial charge on any atom is -0.493 e. The number of ether oxygens (including phenoxy) is 2. The third-order valence-corrected chi connectivity index (χ3v) is 5.40. The fourth-order valence-corrected chi connectivity index (χ4v) is 3.88. The van der Waals surface area contributed by atoms with Crippen LogP contribution in [0.3, 0.4) is 0 Å². The fourth-order valence-electron chi connectivity index (χ4n) is 3.69. The second kappa shape index (κ2) is 10.3. The normalized spacial score (nSPS) is 15.7. The Labute approximate surface area is 176 Å². The molecule has 29 heavy (non-hydrogen) atoms. The Morgan fingerprint density at radius 1 is 1.38 bits per heavy atom. The number of rotatable bonds is 9. The molecule has 0 N–H and O–H groups in total. The van der Waals surface area contributed by atoms with Gasteiger partial charge in [0.15, 0.2) is 0 Å². The number of fused-ring (bicyclic) bond motifs is 1. The molecule has 1 aromatic carbocycles. The Bertz CT molecular complexity index is 923. The van der Waals surface area contributed by atoms with Gasteiger partial charge in [-0.3, -0.25) is 4.68 Å². The van der Waals surface area contributed by atoms with E-state index in [2.05, 4.69) is 11.7 Å². The van der Waals surface area contributed by atoms with E-state index in [1.807, 2.05) is 22.9 Å². The van der Waals surface area contributed by atoms with Crippen molar-refractivity contribution in [1.29, 1.82) is 0 Å². The highest BCUT2D eigenvalue weighted by Gasteiger charge is 2.18. The average molecular weight is 415 g/mol. The number of carbonyl (C=O) groups excluding carboxylic acids is 1. The Morgan fingerprint density at radius 3 is 2.86 bits per heavy atom. The molecule has 0 atom stereocenters. The molecule has 0 saturated heterocycles. The van der Waals surface area contributed by atoms with E-state index in [1.165, 1.54) is 32.8 Å². The van der Waals surface area contributed by atoms with Crippen molar-refractivity contribution < 1.29 is 14.3 Å². The number of benzene rings is 1. The van der Waals surface area contributed by atoms with Gasteiger partial charge in [0, 0.05) is 16.8 Å². The minimum atomic E-state index is -0.362. The quantitative estimate of drug-likeness (QED) is 0.243. The summed E-state index contributed by atoms with van der Waals surface area (Å²) in [4.78, 5) is 11.8. The molecule has 2 aromatic rings. The third-order valence-electron chi connectivity index (χ3n) is 5.24. The largest absolute Gasteiger partial charge is 0.493 e. The Morgan fingerprint density at radius 2 is 2.17 bits per heavy atom. The van der Waals surface area contributed by atoms with Gasteiger partial charge in [0.2, 0.25) is 0 Å². The second-order valence-electron chi connectivity index (χ2n) is 7.18. The molecule has 5 nitrogen and oxygen atoms in total. The molecule has 0 unspecified atom stereocenters. The number of nitrogens with zero attached hydrogens (tertiary/aromatic N) is 2. The first-order valence-electron chi connectivity index (χ1n) is 9.91. The van der Waals surface area contributed by atoms with Crippen LogP contribution in [-0.2, 0) is 16.0 Å². The van der Waals surface area contributed by atoms with Crippen LogP contribution in [0.25, 0.3) is 10.9 Å². The number of allylic oxidation sites excluding steroid dienone is 4. The summed E-state index contributed by atoms with van der Waals surface area (Å²) in [6.07, 6.45) is 12.3. The molecule has 1 heterocycles. The zero-order valence-electron chi connectivity index (χ0n) is 16.8. The summed E-state index contributed by atoms with van der Waals surface area (Å²) in [5.41, 5.74) is 2.38. The van der Waals surface area contributed by atoms with Crippen molar-refractivity contribution in [3.8, 4) is 0 Å². The van der Waals surface area contributed by atoms with E-state index in [1.54, 1.807) is 24.4 Å². The lowest BCUT2D eigenvalue weighted by Gasteiger charge is -2.17. The molecule has 3 rings (SSSR count). The molecule has 1 aliphatic rings. The molecule has 1 fully saturated rings. The van der Waals surface area contributed by atoms with Crippen LogP contribution in [0.2, 0.25) is 0 Å². The van der Waals surface area contributed by atoms with Crippen molar-refractivity contribution >= 4 is 28.5 Å². The van der Waals surface area contributed by atoms with E-state index in [0.29, 0.717) is 30.5 Å². The Hall–Kier alpha value is -2.53. The molecule has 1 aliphatic carbocycles. The maximum absolute atomic E-state index is 11.8. The van der Waals surface area contributed by atoms with Crippen LogP contribution in [0.5, 0.6) is 0 Å². The van der Waals surface area contributed by atoms with E-state index in [-0.39, 0.29) is 5.97 Å². The molecule has 154 valence electrons. The number of esters is 1. The van der Waals surface area contributed by atoms with Crippen LogP contribution in [-0.4, -0.2) is 35.3 Å². The van der Waals surface area contributed by atoms with Gasteiger partial charge in [-0.15, -0.1) is 11.6 Å². The SMILES string of the molecule is C=C/C=C(OCC1CCCC1)\C(=C/CCl)Cn1ncc2cc(C(=O)OC)ccc21. The summed E-state index contributed by atoms with van der Waals surface area (Å²) in [7, 11) is 1.37. The van der Waals surface area contributed by atoms with Gasteiger partial charge < -0.3 is 9.47 Å². The maximum atomic E-state index is 11.8. The van der Waals surface area contributed by atoms with Crippen molar-refractivity contribution in [3.63, 3.8) is 0 Å². The molecular weight excluding hydrogens is 388 g/mol. The van der Waals surface area contributed by atoms with Crippen molar-refractivity contribution in [2.75, 3.05) is 19.6 Å². The van der Waals surface area contributed by atoms with E-state index < -0.39 is 0 Å². The second-order valence-corrected chi connectivity index (χ2v) is 7.49. The maximum Gasteiger partial charge on any atom is 0.337 e. The standard InChI is InChI=1S/C23H27ClN2O3/c1-3-6-22(29-16-17-7-4-5-8-17)19(11-12-24)15-26-21-10-9-18(23(27)28-2)13-20(21)14-25-26/h3,6,9-11,13-14,17H,1,4-5,7-8,12,15-16H2,2H3/b19-11-,22-6+. The summed E-state index contributed by atoms with van der Waals surface area (Å²) in [5.74, 6) is 1.41. The molecule has 0 radical (unpaired) electrons. The van der Waals surface area contributed by atoms with Gasteiger partial charge in [-0.2, -0.15) is 5.10 Å². The van der Waals surface area contributed by atoms with Gasteiger partial charge in [-0.25, -0.2) is 4.79 Å². The predicted molar refractivity (Wildman–Crippen MR) is 116 cm³/mol. The Kier molecular flexibility index (Phi) is 7.53. The molecule has 6 heteroatoms. The number of carbonyl (C=O) groups is 1. The first kappa shape index (κ1) is 21.2.